The van der Waals surface area contributed by atoms with Gasteiger partial charge in [0, 0.05) is 6.54 Å². The monoisotopic (exact) mass is 640 g/mol. The molecule has 4 aliphatic rings. The van der Waals surface area contributed by atoms with Crippen LogP contribution in [-0.2, 0) is 31.1 Å². The van der Waals surface area contributed by atoms with Crippen molar-refractivity contribution in [1.82, 2.24) is 20.9 Å². The zero-order chi connectivity index (χ0) is 32.3. The van der Waals surface area contributed by atoms with E-state index in [2.05, 4.69) is 11.0 Å². The second kappa shape index (κ2) is 14.5. The fraction of sp³-hybridized carbons (Fsp3) is 0.588. The average Bonchev–Trinajstić information content (AvgIpc) is 3.64. The Kier molecular flexibility index (Phi) is 10.5. The molecule has 1 saturated carbocycles. The number of amides is 2. The molecule has 4 fully saturated rings. The summed E-state index contributed by atoms with van der Waals surface area (Å²) in [5.41, 5.74) is 7.43. The molecule has 0 radical (unpaired) electrons. The normalized spacial score (nSPS) is 33.6. The maximum Gasteiger partial charge on any atom is 0.259 e. The van der Waals surface area contributed by atoms with Gasteiger partial charge in [-0.3, -0.25) is 14.5 Å². The van der Waals surface area contributed by atoms with Gasteiger partial charge in [0.25, 0.3) is 5.91 Å². The first-order chi connectivity index (χ1) is 22.3. The summed E-state index contributed by atoms with van der Waals surface area (Å²) in [4.78, 5) is 27.2. The van der Waals surface area contributed by atoms with Gasteiger partial charge in [0.2, 0.25) is 5.91 Å². The van der Waals surface area contributed by atoms with E-state index in [0.29, 0.717) is 0 Å². The number of aliphatic hydroxyl groups excluding tert-OH is 3. The molecule has 1 unspecified atom stereocenters. The quantitative estimate of drug-likeness (QED) is 0.273. The van der Waals surface area contributed by atoms with E-state index in [1.807, 2.05) is 36.4 Å². The lowest BCUT2D eigenvalue weighted by atomic mass is 9.73. The third kappa shape index (κ3) is 6.76. The molecule has 2 aromatic carbocycles. The molecule has 46 heavy (non-hydrogen) atoms. The lowest BCUT2D eigenvalue weighted by molar-refractivity contribution is -0.300. The number of nitrogens with one attached hydrogen (secondary N) is 2. The zero-order valence-electron chi connectivity index (χ0n) is 26.0. The largest absolute Gasteiger partial charge is 0.394 e. The number of hydrogen-bond donors (Lipinski definition) is 5. The van der Waals surface area contributed by atoms with Crippen LogP contribution >= 0.6 is 0 Å². The molecular formula is C34H45FN4O7. The molecule has 1 aliphatic carbocycles. The molecule has 5 N–H and O–H groups in total. The number of rotatable bonds is 8. The second-order valence-corrected chi connectivity index (χ2v) is 13.1. The minimum atomic E-state index is -1.47. The van der Waals surface area contributed by atoms with Crippen molar-refractivity contribution >= 4 is 11.8 Å². The van der Waals surface area contributed by atoms with Gasteiger partial charge in [-0.05, 0) is 42.0 Å². The lowest BCUT2D eigenvalue weighted by Crippen LogP contribution is -2.67. The Hall–Kier alpha value is -2.81. The molecule has 0 aromatic heterocycles. The van der Waals surface area contributed by atoms with Crippen LogP contribution in [0.3, 0.4) is 0 Å². The van der Waals surface area contributed by atoms with Crippen molar-refractivity contribution in [1.29, 1.82) is 0 Å². The fourth-order valence-electron chi connectivity index (χ4n) is 7.62. The summed E-state index contributed by atoms with van der Waals surface area (Å²) in [7, 11) is 0. The van der Waals surface area contributed by atoms with Crippen molar-refractivity contribution in [2.75, 3.05) is 13.2 Å². The van der Waals surface area contributed by atoms with Crippen LogP contribution in [-0.4, -0.2) is 86.9 Å². The van der Waals surface area contributed by atoms with Crippen molar-refractivity contribution in [2.24, 2.45) is 5.92 Å². The molecule has 2 amide bonds. The Bertz CT molecular complexity index is 1340. The molecule has 12 heteroatoms. The number of halogens is 1. The summed E-state index contributed by atoms with van der Waals surface area (Å²) in [5, 5.41) is 34.8. The van der Waals surface area contributed by atoms with Crippen LogP contribution in [0.25, 0.3) is 0 Å². The molecule has 0 spiro atoms. The number of nitrogens with zero attached hydrogens (tertiary/aromatic N) is 2. The first-order valence-corrected chi connectivity index (χ1v) is 16.5. The average molecular weight is 641 g/mol. The van der Waals surface area contributed by atoms with Crippen LogP contribution < -0.4 is 11.0 Å². The van der Waals surface area contributed by atoms with Crippen molar-refractivity contribution in [2.45, 2.75) is 107 Å². The van der Waals surface area contributed by atoms with E-state index >= 15 is 0 Å². The number of hydrazine groups is 2. The van der Waals surface area contributed by atoms with E-state index in [1.165, 1.54) is 25.0 Å². The standard InChI is InChI=1S/C34H45FN4O7/c35-25-16-10-15-24(17-25)34(23-13-8-3-1-2-4-9-14-23)21-39(37-36-34)29-30(42)27(20-40)46-33(31(29)43)45-26-18-28(41)38(32(26)44)19-22-11-6-5-7-12-22/h5-7,10-12,15-17,23,26-27,29-31,33,36-37,40,42-43H,1-4,8-9,13-14,18-21H2/t26-,27-,29+,30+,31-,33-,34?/m1/s1. The Balaban J connectivity index is 1.23. The summed E-state index contributed by atoms with van der Waals surface area (Å²) in [5.74, 6) is -1.16. The maximum atomic E-state index is 14.6. The number of carbonyl (C=O) groups is 2. The smallest absolute Gasteiger partial charge is 0.259 e. The van der Waals surface area contributed by atoms with E-state index in [1.54, 1.807) is 11.1 Å². The van der Waals surface area contributed by atoms with Gasteiger partial charge in [0.15, 0.2) is 6.29 Å². The fourth-order valence-corrected chi connectivity index (χ4v) is 7.62. The summed E-state index contributed by atoms with van der Waals surface area (Å²) < 4.78 is 26.4. The van der Waals surface area contributed by atoms with Crippen molar-refractivity contribution < 1.29 is 38.8 Å². The number of ether oxygens (including phenoxy) is 2. The molecule has 250 valence electrons. The molecule has 7 atom stereocenters. The minimum Gasteiger partial charge on any atom is -0.394 e. The van der Waals surface area contributed by atoms with E-state index in [-0.39, 0.29) is 31.2 Å². The molecule has 6 rings (SSSR count). The van der Waals surface area contributed by atoms with Gasteiger partial charge in [0.1, 0.15) is 30.2 Å². The summed E-state index contributed by atoms with van der Waals surface area (Å²) in [6.45, 7) is -0.197. The first-order valence-electron chi connectivity index (χ1n) is 16.5. The molecule has 0 bridgehead atoms. The number of hydrogen-bond acceptors (Lipinski definition) is 10. The molecule has 3 heterocycles. The molecular weight excluding hydrogens is 595 g/mol. The van der Waals surface area contributed by atoms with Gasteiger partial charge >= 0.3 is 0 Å². The topological polar surface area (TPSA) is 144 Å². The number of benzene rings is 2. The van der Waals surface area contributed by atoms with Gasteiger partial charge in [-0.25, -0.2) is 14.8 Å². The summed E-state index contributed by atoms with van der Waals surface area (Å²) >= 11 is 0. The lowest BCUT2D eigenvalue weighted by Gasteiger charge is -2.46. The minimum absolute atomic E-state index is 0.0970. The third-order valence-corrected chi connectivity index (χ3v) is 10.1. The van der Waals surface area contributed by atoms with Gasteiger partial charge in [-0.15, -0.1) is 0 Å². The zero-order valence-corrected chi connectivity index (χ0v) is 26.0. The maximum absolute atomic E-state index is 14.6. The van der Waals surface area contributed by atoms with E-state index < -0.39 is 60.7 Å². The highest BCUT2D eigenvalue weighted by molar-refractivity contribution is 6.04. The number of aliphatic hydroxyl groups is 3. The van der Waals surface area contributed by atoms with Crippen LogP contribution in [0.5, 0.6) is 0 Å². The summed E-state index contributed by atoms with van der Waals surface area (Å²) in [6.07, 6.45) is 1.83. The number of likely N-dealkylation sites (tertiary alicyclic amines) is 1. The number of carbonyl (C=O) groups excluding carboxylic acids is 2. The molecule has 2 aromatic rings. The first kappa shape index (κ1) is 33.1. The van der Waals surface area contributed by atoms with E-state index in [0.717, 1.165) is 54.6 Å². The Morgan fingerprint density at radius 3 is 2.37 bits per heavy atom. The number of imide groups is 1. The van der Waals surface area contributed by atoms with Crippen molar-refractivity contribution in [3.8, 4) is 0 Å². The van der Waals surface area contributed by atoms with Gasteiger partial charge in [-0.1, -0.05) is 81.0 Å². The molecule has 3 aliphatic heterocycles. The van der Waals surface area contributed by atoms with Crippen LogP contribution in [0.4, 0.5) is 4.39 Å². The van der Waals surface area contributed by atoms with Crippen molar-refractivity contribution in [3.63, 3.8) is 0 Å². The van der Waals surface area contributed by atoms with Gasteiger partial charge in [-0.2, -0.15) is 5.53 Å². The van der Waals surface area contributed by atoms with Crippen LogP contribution in [0.15, 0.2) is 54.6 Å². The van der Waals surface area contributed by atoms with Crippen LogP contribution in [0.2, 0.25) is 0 Å². The molecule has 3 saturated heterocycles. The highest BCUT2D eigenvalue weighted by Gasteiger charge is 2.55. The Labute approximate surface area is 268 Å². The summed E-state index contributed by atoms with van der Waals surface area (Å²) in [6, 6.07) is 14.6. The van der Waals surface area contributed by atoms with Crippen LogP contribution in [0, 0.1) is 11.7 Å². The predicted molar refractivity (Wildman–Crippen MR) is 165 cm³/mol. The highest BCUT2D eigenvalue weighted by Crippen LogP contribution is 2.42. The molecule has 11 nitrogen and oxygen atoms in total. The van der Waals surface area contributed by atoms with E-state index in [4.69, 9.17) is 9.47 Å². The van der Waals surface area contributed by atoms with Gasteiger partial charge in [0.05, 0.1) is 31.2 Å². The van der Waals surface area contributed by atoms with Crippen molar-refractivity contribution in [3.05, 3.63) is 71.5 Å². The van der Waals surface area contributed by atoms with Gasteiger partial charge < -0.3 is 24.8 Å². The second-order valence-electron chi connectivity index (χ2n) is 13.1. The Morgan fingerprint density at radius 1 is 0.957 bits per heavy atom. The SMILES string of the molecule is O=C1C[C@@H](O[C@@H]2O[C@H](CO)[C@H](O)[C@H](N3CC(c4cccc(F)c4)(C4CCCCCCCC4)NN3)[C@H]2O)C(=O)N1Cc1ccccc1. The van der Waals surface area contributed by atoms with Crippen LogP contribution in [0.1, 0.15) is 68.9 Å². The van der Waals surface area contributed by atoms with E-state index in [9.17, 15) is 29.3 Å². The highest BCUT2D eigenvalue weighted by atomic mass is 19.1. The predicted octanol–water partition coefficient (Wildman–Crippen LogP) is 2.25. The third-order valence-electron chi connectivity index (χ3n) is 10.1. The Morgan fingerprint density at radius 2 is 1.67 bits per heavy atom.